The van der Waals surface area contributed by atoms with Gasteiger partial charge in [0.15, 0.2) is 5.78 Å². The molecule has 0 aliphatic heterocycles. The summed E-state index contributed by atoms with van der Waals surface area (Å²) in [4.78, 5) is 30.8. The second kappa shape index (κ2) is 11.7. The third-order valence-corrected chi connectivity index (χ3v) is 5.86. The molecule has 0 bridgehead atoms. The molecule has 178 valence electrons. The zero-order valence-corrected chi connectivity index (χ0v) is 20.2. The number of Topliss-reactive ketones (excluding diaryl/α,β-unsaturated/α-hetero) is 1. The minimum atomic E-state index is -0.474. The molecule has 2 aromatic carbocycles. The maximum absolute atomic E-state index is 14.9. The van der Waals surface area contributed by atoms with Gasteiger partial charge in [0.05, 0.1) is 12.3 Å². The Hall–Kier alpha value is -3.38. The Labute approximate surface area is 200 Å². The van der Waals surface area contributed by atoms with E-state index >= 15 is 0 Å². The zero-order valence-electron chi connectivity index (χ0n) is 20.2. The van der Waals surface area contributed by atoms with Crippen molar-refractivity contribution in [2.24, 2.45) is 0 Å². The maximum Gasteiger partial charge on any atom is 0.226 e. The van der Waals surface area contributed by atoms with E-state index in [9.17, 15) is 14.0 Å². The number of ketones is 1. The van der Waals surface area contributed by atoms with Gasteiger partial charge in [-0.05, 0) is 55.2 Å². The molecule has 3 aromatic rings. The number of nitrogens with zero attached hydrogens (tertiary/aromatic N) is 2. The fraction of sp³-hybridized carbons (Fsp3) is 0.321. The first-order valence-corrected chi connectivity index (χ1v) is 11.5. The van der Waals surface area contributed by atoms with Gasteiger partial charge >= 0.3 is 0 Å². The highest BCUT2D eigenvalue weighted by atomic mass is 19.1. The largest absolute Gasteiger partial charge is 0.383 e. The van der Waals surface area contributed by atoms with Crippen LogP contribution in [-0.2, 0) is 16.0 Å². The molecule has 1 amide bonds. The van der Waals surface area contributed by atoms with Crippen molar-refractivity contribution in [2.75, 3.05) is 25.2 Å². The summed E-state index contributed by atoms with van der Waals surface area (Å²) < 4.78 is 20.0. The number of ether oxygens (including phenoxy) is 1. The maximum atomic E-state index is 14.9. The summed E-state index contributed by atoms with van der Waals surface area (Å²) in [5.41, 5.74) is 5.33. The molecule has 0 fully saturated rings. The Morgan fingerprint density at radius 1 is 1.00 bits per heavy atom. The number of hydrogen-bond donors (Lipinski definition) is 0. The van der Waals surface area contributed by atoms with E-state index in [-0.39, 0.29) is 30.3 Å². The van der Waals surface area contributed by atoms with Crippen molar-refractivity contribution in [3.05, 3.63) is 82.9 Å². The van der Waals surface area contributed by atoms with Crippen LogP contribution in [0.15, 0.2) is 54.6 Å². The van der Waals surface area contributed by atoms with E-state index in [0.29, 0.717) is 30.6 Å². The molecule has 1 heterocycles. The summed E-state index contributed by atoms with van der Waals surface area (Å²) in [6.45, 7) is 6.26. The molecule has 0 unspecified atom stereocenters. The number of methoxy groups -OCH3 is 1. The zero-order chi connectivity index (χ0) is 24.7. The van der Waals surface area contributed by atoms with Crippen molar-refractivity contribution in [1.82, 2.24) is 4.98 Å². The van der Waals surface area contributed by atoms with E-state index in [2.05, 4.69) is 4.98 Å². The quantitative estimate of drug-likeness (QED) is 0.362. The lowest BCUT2D eigenvalue weighted by Crippen LogP contribution is -2.34. The summed E-state index contributed by atoms with van der Waals surface area (Å²) in [5.74, 6) is -0.583. The summed E-state index contributed by atoms with van der Waals surface area (Å²) in [6, 6.07) is 16.0. The first kappa shape index (κ1) is 25.2. The highest BCUT2D eigenvalue weighted by Crippen LogP contribution is 2.27. The molecule has 6 heteroatoms. The van der Waals surface area contributed by atoms with Crippen molar-refractivity contribution >= 4 is 17.4 Å². The van der Waals surface area contributed by atoms with Crippen molar-refractivity contribution in [2.45, 2.75) is 40.0 Å². The normalized spacial score (nSPS) is 10.9. The second-order valence-electron chi connectivity index (χ2n) is 8.26. The monoisotopic (exact) mass is 462 g/mol. The van der Waals surface area contributed by atoms with Gasteiger partial charge in [0.2, 0.25) is 5.91 Å². The molecule has 1 aromatic heterocycles. The Kier molecular flexibility index (Phi) is 8.66. The van der Waals surface area contributed by atoms with Gasteiger partial charge in [-0.1, -0.05) is 43.3 Å². The number of halogens is 1. The number of anilines is 1. The number of amides is 1. The molecular weight excluding hydrogens is 431 g/mol. The molecule has 0 atom stereocenters. The number of carbonyl (C=O) groups is 2. The van der Waals surface area contributed by atoms with Crippen molar-refractivity contribution in [3.63, 3.8) is 0 Å². The molecule has 0 N–H and O–H groups in total. The van der Waals surface area contributed by atoms with Crippen molar-refractivity contribution in [1.29, 1.82) is 0 Å². The number of hydrogen-bond acceptors (Lipinski definition) is 4. The van der Waals surface area contributed by atoms with Crippen LogP contribution in [-0.4, -0.2) is 36.9 Å². The molecule has 0 radical (unpaired) electrons. The lowest BCUT2D eigenvalue weighted by Gasteiger charge is -2.23. The van der Waals surface area contributed by atoms with Crippen LogP contribution in [0.5, 0.6) is 0 Å². The Morgan fingerprint density at radius 2 is 1.71 bits per heavy atom. The SMILES string of the molecule is CCC(=O)N(CCOC)c1ccc(-c2ccc(C(=O)CCc3ccc(C)nc3C)cc2)cc1F. The summed E-state index contributed by atoms with van der Waals surface area (Å²) in [5, 5.41) is 0. The molecule has 0 aliphatic carbocycles. The van der Waals surface area contributed by atoms with Crippen LogP contribution in [0.25, 0.3) is 11.1 Å². The van der Waals surface area contributed by atoms with Gasteiger partial charge in [0.25, 0.3) is 0 Å². The lowest BCUT2D eigenvalue weighted by atomic mass is 9.98. The van der Waals surface area contributed by atoms with Gasteiger partial charge in [0, 0.05) is 43.4 Å². The van der Waals surface area contributed by atoms with Crippen molar-refractivity contribution < 1.29 is 18.7 Å². The number of benzene rings is 2. The average molecular weight is 463 g/mol. The summed E-state index contributed by atoms with van der Waals surface area (Å²) in [7, 11) is 1.54. The first-order chi connectivity index (χ1) is 16.3. The molecule has 0 spiro atoms. The van der Waals surface area contributed by atoms with Crippen LogP contribution in [0.3, 0.4) is 0 Å². The number of carbonyl (C=O) groups excluding carboxylic acids is 2. The number of aromatic nitrogens is 1. The van der Waals surface area contributed by atoms with Gasteiger partial charge in [-0.15, -0.1) is 0 Å². The van der Waals surface area contributed by atoms with Gasteiger partial charge < -0.3 is 9.64 Å². The van der Waals surface area contributed by atoms with E-state index in [4.69, 9.17) is 4.74 Å². The second-order valence-corrected chi connectivity index (χ2v) is 8.26. The predicted octanol–water partition coefficient (Wildman–Crippen LogP) is 5.71. The van der Waals surface area contributed by atoms with Crippen LogP contribution < -0.4 is 4.90 Å². The minimum absolute atomic E-state index is 0.0555. The Morgan fingerprint density at radius 3 is 2.32 bits per heavy atom. The van der Waals surface area contributed by atoms with E-state index < -0.39 is 5.82 Å². The molecule has 5 nitrogen and oxygen atoms in total. The van der Waals surface area contributed by atoms with Gasteiger partial charge in [-0.2, -0.15) is 0 Å². The fourth-order valence-corrected chi connectivity index (χ4v) is 3.88. The molecule has 0 saturated heterocycles. The fourth-order valence-electron chi connectivity index (χ4n) is 3.88. The van der Waals surface area contributed by atoms with Crippen LogP contribution >= 0.6 is 0 Å². The third-order valence-electron chi connectivity index (χ3n) is 5.86. The van der Waals surface area contributed by atoms with E-state index in [0.717, 1.165) is 22.5 Å². The Bertz CT molecular complexity index is 1160. The predicted molar refractivity (Wildman–Crippen MR) is 133 cm³/mol. The average Bonchev–Trinajstić information content (AvgIpc) is 2.84. The van der Waals surface area contributed by atoms with E-state index in [1.165, 1.54) is 11.0 Å². The Balaban J connectivity index is 1.71. The topological polar surface area (TPSA) is 59.5 Å². The number of pyridine rings is 1. The van der Waals surface area contributed by atoms with E-state index in [1.54, 1.807) is 38.3 Å². The van der Waals surface area contributed by atoms with Crippen LogP contribution in [0.4, 0.5) is 10.1 Å². The summed E-state index contributed by atoms with van der Waals surface area (Å²) >= 11 is 0. The molecule has 0 saturated carbocycles. The third kappa shape index (κ3) is 6.14. The number of rotatable bonds is 10. The number of aryl methyl sites for hydroxylation is 3. The molecule has 0 aliphatic rings. The minimum Gasteiger partial charge on any atom is -0.383 e. The van der Waals surface area contributed by atoms with Crippen LogP contribution in [0.2, 0.25) is 0 Å². The molecule has 34 heavy (non-hydrogen) atoms. The van der Waals surface area contributed by atoms with Gasteiger partial charge in [-0.25, -0.2) is 4.39 Å². The molecule has 3 rings (SSSR count). The summed E-state index contributed by atoms with van der Waals surface area (Å²) in [6.07, 6.45) is 1.32. The van der Waals surface area contributed by atoms with Crippen molar-refractivity contribution in [3.8, 4) is 11.1 Å². The van der Waals surface area contributed by atoms with Gasteiger partial charge in [0.1, 0.15) is 5.82 Å². The van der Waals surface area contributed by atoms with E-state index in [1.807, 2.05) is 38.1 Å². The highest BCUT2D eigenvalue weighted by molar-refractivity contribution is 5.96. The first-order valence-electron chi connectivity index (χ1n) is 11.5. The van der Waals surface area contributed by atoms with Gasteiger partial charge in [-0.3, -0.25) is 14.6 Å². The lowest BCUT2D eigenvalue weighted by molar-refractivity contribution is -0.118. The van der Waals surface area contributed by atoms with Crippen LogP contribution in [0, 0.1) is 19.7 Å². The highest BCUT2D eigenvalue weighted by Gasteiger charge is 2.18. The smallest absolute Gasteiger partial charge is 0.226 e. The standard InChI is InChI=1S/C28H31FN2O3/c1-5-28(33)31(16-17-34-4)26-14-12-24(18-25(26)29)22-8-10-23(11-9-22)27(32)15-13-21-7-6-19(2)30-20(21)3/h6-12,14,18H,5,13,15-17H2,1-4H3. The molecular formula is C28H31FN2O3. The van der Waals surface area contributed by atoms with Crippen LogP contribution in [0.1, 0.15) is 47.1 Å².